The van der Waals surface area contributed by atoms with E-state index in [1.807, 2.05) is 18.7 Å². The van der Waals surface area contributed by atoms with Gasteiger partial charge < -0.3 is 9.47 Å². The van der Waals surface area contributed by atoms with Gasteiger partial charge in [0.05, 0.1) is 0 Å². The Labute approximate surface area is 115 Å². The van der Waals surface area contributed by atoms with Crippen molar-refractivity contribution in [3.05, 3.63) is 34.2 Å². The SMILES string of the molecule is CC[C@@H](C)N(C(=O)c1ccn(C)c(=O)c1)[C@H](C)CC. The molecule has 0 aliphatic heterocycles. The molecule has 0 bridgehead atoms. The average Bonchev–Trinajstić information content (AvgIpc) is 2.41. The zero-order valence-corrected chi connectivity index (χ0v) is 12.5. The van der Waals surface area contributed by atoms with Gasteiger partial charge in [0.25, 0.3) is 11.5 Å². The Bertz CT molecular complexity index is 483. The Balaban J connectivity index is 3.11. The van der Waals surface area contributed by atoms with Gasteiger partial charge in [-0.05, 0) is 32.8 Å². The summed E-state index contributed by atoms with van der Waals surface area (Å²) in [5, 5.41) is 0. The van der Waals surface area contributed by atoms with Crippen LogP contribution in [-0.4, -0.2) is 27.5 Å². The minimum Gasteiger partial charge on any atom is -0.333 e. The van der Waals surface area contributed by atoms with Gasteiger partial charge in [-0.25, -0.2) is 0 Å². The predicted octanol–water partition coefficient (Wildman–Crippen LogP) is 2.42. The lowest BCUT2D eigenvalue weighted by molar-refractivity contribution is 0.0598. The third-order valence-electron chi connectivity index (χ3n) is 3.72. The molecule has 4 heteroatoms. The number of amides is 1. The first-order chi connectivity index (χ1) is 8.92. The second kappa shape index (κ2) is 6.55. The number of pyridine rings is 1. The zero-order valence-electron chi connectivity index (χ0n) is 12.5. The highest BCUT2D eigenvalue weighted by molar-refractivity contribution is 5.94. The molecule has 0 aliphatic rings. The van der Waals surface area contributed by atoms with Gasteiger partial charge in [-0.15, -0.1) is 0 Å². The van der Waals surface area contributed by atoms with E-state index in [0.717, 1.165) is 12.8 Å². The smallest absolute Gasteiger partial charge is 0.254 e. The van der Waals surface area contributed by atoms with E-state index in [1.165, 1.54) is 10.6 Å². The van der Waals surface area contributed by atoms with E-state index in [4.69, 9.17) is 0 Å². The van der Waals surface area contributed by atoms with Crippen molar-refractivity contribution < 1.29 is 4.79 Å². The van der Waals surface area contributed by atoms with Crippen LogP contribution >= 0.6 is 0 Å². The summed E-state index contributed by atoms with van der Waals surface area (Å²) in [5.74, 6) is -0.0543. The number of hydrogen-bond donors (Lipinski definition) is 0. The first-order valence-electron chi connectivity index (χ1n) is 6.91. The number of carbonyl (C=O) groups is 1. The number of hydrogen-bond acceptors (Lipinski definition) is 2. The Morgan fingerprint density at radius 1 is 1.26 bits per heavy atom. The molecule has 1 heterocycles. The topological polar surface area (TPSA) is 42.3 Å². The second-order valence-electron chi connectivity index (χ2n) is 5.09. The van der Waals surface area contributed by atoms with Gasteiger partial charge in [0.2, 0.25) is 0 Å². The minimum atomic E-state index is -0.154. The summed E-state index contributed by atoms with van der Waals surface area (Å²) in [7, 11) is 1.68. The van der Waals surface area contributed by atoms with E-state index < -0.39 is 0 Å². The van der Waals surface area contributed by atoms with Crippen LogP contribution in [0.15, 0.2) is 23.1 Å². The average molecular weight is 264 g/mol. The van der Waals surface area contributed by atoms with E-state index >= 15 is 0 Å². The number of aromatic nitrogens is 1. The third kappa shape index (κ3) is 3.46. The van der Waals surface area contributed by atoms with Gasteiger partial charge in [-0.1, -0.05) is 13.8 Å². The number of nitrogens with zero attached hydrogens (tertiary/aromatic N) is 2. The number of carbonyl (C=O) groups excluding carboxylic acids is 1. The highest BCUT2D eigenvalue weighted by Gasteiger charge is 2.24. The summed E-state index contributed by atoms with van der Waals surface area (Å²) in [5.41, 5.74) is 0.322. The van der Waals surface area contributed by atoms with Crippen LogP contribution in [0.3, 0.4) is 0 Å². The summed E-state index contributed by atoms with van der Waals surface area (Å²) in [6.07, 6.45) is 3.45. The van der Waals surface area contributed by atoms with Crippen molar-refractivity contribution in [1.29, 1.82) is 0 Å². The summed E-state index contributed by atoms with van der Waals surface area (Å²) < 4.78 is 1.47. The molecule has 19 heavy (non-hydrogen) atoms. The lowest BCUT2D eigenvalue weighted by Gasteiger charge is -2.34. The molecule has 106 valence electrons. The molecule has 0 spiro atoms. The molecule has 1 aromatic rings. The molecule has 4 nitrogen and oxygen atoms in total. The molecule has 0 fully saturated rings. The first-order valence-corrected chi connectivity index (χ1v) is 6.91. The first kappa shape index (κ1) is 15.5. The van der Waals surface area contributed by atoms with Gasteiger partial charge in [0, 0.05) is 37.0 Å². The Morgan fingerprint density at radius 3 is 2.21 bits per heavy atom. The van der Waals surface area contributed by atoms with Gasteiger partial charge in [-0.2, -0.15) is 0 Å². The fourth-order valence-electron chi connectivity index (χ4n) is 2.06. The lowest BCUT2D eigenvalue weighted by Crippen LogP contribution is -2.44. The van der Waals surface area contributed by atoms with Gasteiger partial charge in [-0.3, -0.25) is 9.59 Å². The molecule has 0 aromatic carbocycles. The molecule has 0 unspecified atom stereocenters. The highest BCUT2D eigenvalue weighted by Crippen LogP contribution is 2.15. The maximum absolute atomic E-state index is 12.6. The molecule has 1 aromatic heterocycles. The van der Waals surface area contributed by atoms with E-state index in [9.17, 15) is 9.59 Å². The largest absolute Gasteiger partial charge is 0.333 e. The number of rotatable bonds is 5. The quantitative estimate of drug-likeness (QED) is 0.819. The Kier molecular flexibility index (Phi) is 5.33. The normalized spacial score (nSPS) is 13.9. The van der Waals surface area contributed by atoms with Crippen molar-refractivity contribution in [2.45, 2.75) is 52.6 Å². The molecule has 0 radical (unpaired) electrons. The Morgan fingerprint density at radius 2 is 1.79 bits per heavy atom. The third-order valence-corrected chi connectivity index (χ3v) is 3.72. The molecule has 0 saturated carbocycles. The van der Waals surface area contributed by atoms with Crippen molar-refractivity contribution in [3.63, 3.8) is 0 Å². The van der Waals surface area contributed by atoms with Crippen molar-refractivity contribution in [1.82, 2.24) is 9.47 Å². The van der Waals surface area contributed by atoms with Crippen molar-refractivity contribution >= 4 is 5.91 Å². The van der Waals surface area contributed by atoms with Crippen LogP contribution in [0.2, 0.25) is 0 Å². The molecule has 0 N–H and O–H groups in total. The Hall–Kier alpha value is -1.58. The zero-order chi connectivity index (χ0) is 14.6. The van der Waals surface area contributed by atoms with Crippen LogP contribution in [0.25, 0.3) is 0 Å². The van der Waals surface area contributed by atoms with E-state index in [2.05, 4.69) is 13.8 Å². The van der Waals surface area contributed by atoms with Crippen molar-refractivity contribution in [3.8, 4) is 0 Å². The van der Waals surface area contributed by atoms with Crippen LogP contribution in [0.5, 0.6) is 0 Å². The molecular formula is C15H24N2O2. The van der Waals surface area contributed by atoms with E-state index in [-0.39, 0.29) is 23.6 Å². The molecule has 1 rings (SSSR count). The molecule has 1 amide bonds. The van der Waals surface area contributed by atoms with Crippen molar-refractivity contribution in [2.75, 3.05) is 0 Å². The summed E-state index contributed by atoms with van der Waals surface area (Å²) in [6, 6.07) is 3.47. The fraction of sp³-hybridized carbons (Fsp3) is 0.600. The second-order valence-corrected chi connectivity index (χ2v) is 5.09. The summed E-state index contributed by atoms with van der Waals surface area (Å²) in [4.78, 5) is 26.1. The summed E-state index contributed by atoms with van der Waals surface area (Å²) in [6.45, 7) is 8.23. The minimum absolute atomic E-state index is 0.0543. The van der Waals surface area contributed by atoms with Crippen LogP contribution in [0.1, 0.15) is 50.9 Å². The summed E-state index contributed by atoms with van der Waals surface area (Å²) >= 11 is 0. The highest BCUT2D eigenvalue weighted by atomic mass is 16.2. The molecule has 0 saturated heterocycles. The van der Waals surface area contributed by atoms with Crippen LogP contribution in [0, 0.1) is 0 Å². The molecule has 0 aliphatic carbocycles. The van der Waals surface area contributed by atoms with Gasteiger partial charge in [0.1, 0.15) is 0 Å². The number of aryl methyl sites for hydroxylation is 1. The van der Waals surface area contributed by atoms with Gasteiger partial charge >= 0.3 is 0 Å². The van der Waals surface area contributed by atoms with E-state index in [1.54, 1.807) is 19.3 Å². The molecule has 2 atom stereocenters. The standard InChI is InChI=1S/C15H24N2O2/c1-6-11(3)17(12(4)7-2)15(19)13-8-9-16(5)14(18)10-13/h8-12H,6-7H2,1-5H3/t11-,12-/m1/s1. The maximum atomic E-state index is 12.6. The lowest BCUT2D eigenvalue weighted by atomic mass is 10.1. The van der Waals surface area contributed by atoms with Crippen LogP contribution in [-0.2, 0) is 7.05 Å². The monoisotopic (exact) mass is 264 g/mol. The van der Waals surface area contributed by atoms with Crippen molar-refractivity contribution in [2.24, 2.45) is 7.05 Å². The van der Waals surface area contributed by atoms with Gasteiger partial charge in [0.15, 0.2) is 0 Å². The van der Waals surface area contributed by atoms with Crippen LogP contribution in [0.4, 0.5) is 0 Å². The fourth-order valence-corrected chi connectivity index (χ4v) is 2.06. The van der Waals surface area contributed by atoms with Crippen LogP contribution < -0.4 is 5.56 Å². The maximum Gasteiger partial charge on any atom is 0.254 e. The van der Waals surface area contributed by atoms with E-state index in [0.29, 0.717) is 5.56 Å². The molecular weight excluding hydrogens is 240 g/mol. The predicted molar refractivity (Wildman–Crippen MR) is 77.4 cm³/mol.